The molecule has 4 nitrogen and oxygen atoms in total. The Labute approximate surface area is 171 Å². The van der Waals surface area contributed by atoms with Crippen molar-refractivity contribution in [3.63, 3.8) is 0 Å². The minimum absolute atomic E-state index is 0.213. The zero-order valence-electron chi connectivity index (χ0n) is 14.3. The van der Waals surface area contributed by atoms with Crippen molar-refractivity contribution in [1.82, 2.24) is 5.32 Å². The molecule has 0 unspecified atom stereocenters. The minimum Gasteiger partial charge on any atom is -0.451 e. The molecule has 2 aromatic carbocycles. The summed E-state index contributed by atoms with van der Waals surface area (Å²) in [5, 5.41) is 5.88. The summed E-state index contributed by atoms with van der Waals surface area (Å²) in [6.45, 7) is 4.10. The number of furan rings is 1. The predicted molar refractivity (Wildman–Crippen MR) is 116 cm³/mol. The topological polar surface area (TPSA) is 54.3 Å². The van der Waals surface area contributed by atoms with Crippen LogP contribution in [0.4, 0.5) is 5.69 Å². The number of hydrogen-bond donors (Lipinski definition) is 2. The van der Waals surface area contributed by atoms with E-state index in [1.807, 2.05) is 49.4 Å². The average molecular weight is 476 g/mol. The number of nitrogens with one attached hydrogen (secondary N) is 2. The maximum Gasteiger partial charge on any atom is 0.293 e. The van der Waals surface area contributed by atoms with Crippen molar-refractivity contribution in [2.24, 2.45) is 0 Å². The van der Waals surface area contributed by atoms with Crippen LogP contribution in [0.15, 0.2) is 59.0 Å². The fourth-order valence-electron chi connectivity index (χ4n) is 2.39. The van der Waals surface area contributed by atoms with Gasteiger partial charge in [0.15, 0.2) is 10.9 Å². The van der Waals surface area contributed by atoms with Crippen LogP contribution < -0.4 is 10.6 Å². The van der Waals surface area contributed by atoms with E-state index in [1.165, 1.54) is 11.1 Å². The molecule has 26 heavy (non-hydrogen) atoms. The number of para-hydroxylation sites is 1. The van der Waals surface area contributed by atoms with Crippen LogP contribution in [0.25, 0.3) is 11.3 Å². The minimum atomic E-state index is -0.386. The summed E-state index contributed by atoms with van der Waals surface area (Å²) in [6, 6.07) is 17.2. The number of carbonyl (C=O) groups is 1. The van der Waals surface area contributed by atoms with Gasteiger partial charge >= 0.3 is 0 Å². The molecule has 0 spiro atoms. The smallest absolute Gasteiger partial charge is 0.293 e. The van der Waals surface area contributed by atoms with E-state index in [0.29, 0.717) is 5.76 Å². The highest BCUT2D eigenvalue weighted by Crippen LogP contribution is 2.24. The Morgan fingerprint density at radius 1 is 1.04 bits per heavy atom. The summed E-state index contributed by atoms with van der Waals surface area (Å²) in [5.74, 6) is 0.475. The zero-order chi connectivity index (χ0) is 18.7. The van der Waals surface area contributed by atoms with Crippen molar-refractivity contribution in [3.05, 3.63) is 75.1 Å². The monoisotopic (exact) mass is 476 g/mol. The SMILES string of the molecule is Cc1ccc(-c2ccc(C(=O)NC(=S)Nc3ccccc3I)o2)cc1C. The first kappa shape index (κ1) is 18.6. The number of rotatable bonds is 3. The zero-order valence-corrected chi connectivity index (χ0v) is 17.3. The lowest BCUT2D eigenvalue weighted by Crippen LogP contribution is -2.34. The molecule has 0 bridgehead atoms. The lowest BCUT2D eigenvalue weighted by molar-refractivity contribution is 0.0951. The Hall–Kier alpha value is -2.19. The molecule has 0 saturated carbocycles. The molecule has 0 aliphatic carbocycles. The molecular weight excluding hydrogens is 459 g/mol. The van der Waals surface area contributed by atoms with Crippen molar-refractivity contribution in [2.45, 2.75) is 13.8 Å². The third kappa shape index (κ3) is 4.31. The number of halogens is 1. The van der Waals surface area contributed by atoms with Gasteiger partial charge in [0.25, 0.3) is 5.91 Å². The Morgan fingerprint density at radius 3 is 2.54 bits per heavy atom. The molecule has 1 heterocycles. The van der Waals surface area contributed by atoms with Crippen LogP contribution in [0.3, 0.4) is 0 Å². The summed E-state index contributed by atoms with van der Waals surface area (Å²) in [7, 11) is 0. The highest BCUT2D eigenvalue weighted by molar-refractivity contribution is 14.1. The van der Waals surface area contributed by atoms with Crippen molar-refractivity contribution in [2.75, 3.05) is 5.32 Å². The van der Waals surface area contributed by atoms with E-state index in [-0.39, 0.29) is 16.8 Å². The van der Waals surface area contributed by atoms with E-state index in [4.69, 9.17) is 16.6 Å². The second kappa shape index (κ2) is 8.01. The van der Waals surface area contributed by atoms with Crippen molar-refractivity contribution in [3.8, 4) is 11.3 Å². The fourth-order valence-corrected chi connectivity index (χ4v) is 3.12. The third-order valence-electron chi connectivity index (χ3n) is 3.97. The molecular formula is C20H17IN2O2S. The second-order valence-electron chi connectivity index (χ2n) is 5.85. The van der Waals surface area contributed by atoms with Crippen LogP contribution in [0.1, 0.15) is 21.7 Å². The summed E-state index contributed by atoms with van der Waals surface area (Å²) in [5.41, 5.74) is 4.17. The number of thiocarbonyl (C=S) groups is 1. The van der Waals surface area contributed by atoms with E-state index in [2.05, 4.69) is 40.1 Å². The van der Waals surface area contributed by atoms with E-state index >= 15 is 0 Å². The molecule has 3 aromatic rings. The molecule has 0 fully saturated rings. The molecule has 2 N–H and O–H groups in total. The number of carbonyl (C=O) groups excluding carboxylic acids is 1. The van der Waals surface area contributed by atoms with Gasteiger partial charge in [0.05, 0.1) is 5.69 Å². The Morgan fingerprint density at radius 2 is 1.81 bits per heavy atom. The summed E-state index contributed by atoms with van der Waals surface area (Å²) in [4.78, 5) is 12.4. The van der Waals surface area contributed by atoms with Crippen molar-refractivity contribution in [1.29, 1.82) is 0 Å². The summed E-state index contributed by atoms with van der Waals surface area (Å²) in [6.07, 6.45) is 0. The van der Waals surface area contributed by atoms with Gasteiger partial charge in [-0.1, -0.05) is 24.3 Å². The van der Waals surface area contributed by atoms with Crippen molar-refractivity contribution < 1.29 is 9.21 Å². The normalized spacial score (nSPS) is 10.4. The summed E-state index contributed by atoms with van der Waals surface area (Å²) >= 11 is 7.42. The Balaban J connectivity index is 1.69. The van der Waals surface area contributed by atoms with E-state index in [1.54, 1.807) is 12.1 Å². The Kier molecular flexibility index (Phi) is 5.73. The van der Waals surface area contributed by atoms with Gasteiger partial charge in [0, 0.05) is 9.13 Å². The van der Waals surface area contributed by atoms with Crippen LogP contribution >= 0.6 is 34.8 Å². The molecule has 0 saturated heterocycles. The van der Waals surface area contributed by atoms with Crippen LogP contribution in [-0.4, -0.2) is 11.0 Å². The molecule has 1 aromatic heterocycles. The standard InChI is InChI=1S/C20H17IN2O2S/c1-12-7-8-14(11-13(12)2)17-9-10-18(25-17)19(24)23-20(26)22-16-6-4-3-5-15(16)21/h3-11H,1-2H3,(H2,22,23,24,26). The highest BCUT2D eigenvalue weighted by atomic mass is 127. The number of anilines is 1. The fraction of sp³-hybridized carbons (Fsp3) is 0.100. The quantitative estimate of drug-likeness (QED) is 0.398. The van der Waals surface area contributed by atoms with E-state index in [0.717, 1.165) is 14.8 Å². The van der Waals surface area contributed by atoms with Gasteiger partial charge in [0.1, 0.15) is 5.76 Å². The van der Waals surface area contributed by atoms with Crippen LogP contribution in [0, 0.1) is 17.4 Å². The van der Waals surface area contributed by atoms with Crippen LogP contribution in [0.2, 0.25) is 0 Å². The molecule has 6 heteroatoms. The molecule has 0 atom stereocenters. The lowest BCUT2D eigenvalue weighted by Gasteiger charge is -2.10. The van der Waals surface area contributed by atoms with Gasteiger partial charge < -0.3 is 9.73 Å². The lowest BCUT2D eigenvalue weighted by atomic mass is 10.1. The maximum absolute atomic E-state index is 12.4. The van der Waals surface area contributed by atoms with Crippen LogP contribution in [0.5, 0.6) is 0 Å². The van der Waals surface area contributed by atoms with Gasteiger partial charge in [-0.2, -0.15) is 0 Å². The number of aryl methyl sites for hydroxylation is 2. The van der Waals surface area contributed by atoms with Gasteiger partial charge in [-0.3, -0.25) is 10.1 Å². The molecule has 0 aliphatic rings. The van der Waals surface area contributed by atoms with E-state index in [9.17, 15) is 4.79 Å². The largest absolute Gasteiger partial charge is 0.451 e. The molecule has 1 amide bonds. The van der Waals surface area contributed by atoms with Gasteiger partial charge in [0.2, 0.25) is 0 Å². The first-order valence-corrected chi connectivity index (χ1v) is 9.47. The van der Waals surface area contributed by atoms with Crippen LogP contribution in [-0.2, 0) is 0 Å². The average Bonchev–Trinajstić information content (AvgIpc) is 3.09. The molecule has 0 radical (unpaired) electrons. The second-order valence-corrected chi connectivity index (χ2v) is 7.42. The predicted octanol–water partition coefficient (Wildman–Crippen LogP) is 5.29. The van der Waals surface area contributed by atoms with Gasteiger partial charge in [-0.05, 0) is 90.1 Å². The number of hydrogen-bond acceptors (Lipinski definition) is 3. The highest BCUT2D eigenvalue weighted by Gasteiger charge is 2.14. The van der Waals surface area contributed by atoms with Crippen molar-refractivity contribution >= 4 is 51.5 Å². The molecule has 132 valence electrons. The van der Waals surface area contributed by atoms with Gasteiger partial charge in [-0.25, -0.2) is 0 Å². The molecule has 3 rings (SSSR count). The van der Waals surface area contributed by atoms with Gasteiger partial charge in [-0.15, -0.1) is 0 Å². The first-order valence-electron chi connectivity index (χ1n) is 7.98. The van der Waals surface area contributed by atoms with E-state index < -0.39 is 0 Å². The third-order valence-corrected chi connectivity index (χ3v) is 5.12. The molecule has 0 aliphatic heterocycles. The number of benzene rings is 2. The maximum atomic E-state index is 12.4. The first-order chi connectivity index (χ1) is 12.4. The Bertz CT molecular complexity index is 981. The number of amides is 1. The summed E-state index contributed by atoms with van der Waals surface area (Å²) < 4.78 is 6.71.